The van der Waals surface area contributed by atoms with Gasteiger partial charge in [-0.3, -0.25) is 0 Å². The molecule has 68 valence electrons. The quantitative estimate of drug-likeness (QED) is 0.632. The number of hydrogen-bond acceptors (Lipinski definition) is 0. The van der Waals surface area contributed by atoms with Crippen LogP contribution in [0.3, 0.4) is 0 Å². The van der Waals surface area contributed by atoms with Crippen molar-refractivity contribution in [3.05, 3.63) is 35.4 Å². The van der Waals surface area contributed by atoms with Crippen molar-refractivity contribution in [2.45, 2.75) is 33.1 Å². The SMILES string of the molecule is CC.I.c1ccc2c(c1)CCC2. The lowest BCUT2D eigenvalue weighted by atomic mass is 10.1. The van der Waals surface area contributed by atoms with Crippen molar-refractivity contribution in [3.8, 4) is 0 Å². The van der Waals surface area contributed by atoms with Gasteiger partial charge in [-0.2, -0.15) is 0 Å². The Morgan fingerprint density at radius 2 is 1.33 bits per heavy atom. The highest BCUT2D eigenvalue weighted by molar-refractivity contribution is 14.0. The van der Waals surface area contributed by atoms with Gasteiger partial charge in [0.05, 0.1) is 0 Å². The third-order valence-corrected chi connectivity index (χ3v) is 2.01. The molecule has 12 heavy (non-hydrogen) atoms. The van der Waals surface area contributed by atoms with Gasteiger partial charge in [-0.05, 0) is 30.4 Å². The first kappa shape index (κ1) is 11.9. The van der Waals surface area contributed by atoms with E-state index in [0.29, 0.717) is 0 Å². The number of rotatable bonds is 0. The Hall–Kier alpha value is -0.0500. The fraction of sp³-hybridized carbons (Fsp3) is 0.455. The molecule has 1 aliphatic rings. The highest BCUT2D eigenvalue weighted by Crippen LogP contribution is 2.20. The van der Waals surface area contributed by atoms with Crippen molar-refractivity contribution in [2.75, 3.05) is 0 Å². The van der Waals surface area contributed by atoms with E-state index in [1.54, 1.807) is 11.1 Å². The first-order chi connectivity index (χ1) is 5.47. The average Bonchev–Trinajstić information content (AvgIpc) is 2.55. The fourth-order valence-corrected chi connectivity index (χ4v) is 1.51. The van der Waals surface area contributed by atoms with E-state index in [1.807, 2.05) is 13.8 Å². The first-order valence-corrected chi connectivity index (χ1v) is 4.53. The standard InChI is InChI=1S/C9H10.C2H6.HI/c1-2-5-9-7-3-6-8(9)4-1;1-2;/h1-2,4-5H,3,6-7H2;1-2H3;1H. The molecule has 0 saturated carbocycles. The molecular weight excluding hydrogens is 259 g/mol. The van der Waals surface area contributed by atoms with Crippen LogP contribution < -0.4 is 0 Å². The summed E-state index contributed by atoms with van der Waals surface area (Å²) in [6, 6.07) is 8.74. The lowest BCUT2D eigenvalue weighted by Crippen LogP contribution is -1.77. The Balaban J connectivity index is 0.000000378. The van der Waals surface area contributed by atoms with Crippen molar-refractivity contribution in [3.63, 3.8) is 0 Å². The molecule has 1 aromatic rings. The summed E-state index contributed by atoms with van der Waals surface area (Å²) in [6.07, 6.45) is 3.96. The highest BCUT2D eigenvalue weighted by atomic mass is 127. The largest absolute Gasteiger partial charge is 0.107 e. The third kappa shape index (κ3) is 2.77. The highest BCUT2D eigenvalue weighted by Gasteiger charge is 2.07. The van der Waals surface area contributed by atoms with Crippen LogP contribution in [0.4, 0.5) is 0 Å². The summed E-state index contributed by atoms with van der Waals surface area (Å²) in [5, 5.41) is 0. The zero-order chi connectivity index (χ0) is 8.10. The third-order valence-electron chi connectivity index (χ3n) is 2.01. The van der Waals surface area contributed by atoms with Crippen molar-refractivity contribution in [1.29, 1.82) is 0 Å². The fourth-order valence-electron chi connectivity index (χ4n) is 1.51. The second-order valence-corrected chi connectivity index (χ2v) is 2.62. The van der Waals surface area contributed by atoms with E-state index in [9.17, 15) is 0 Å². The maximum atomic E-state index is 2.24. The minimum Gasteiger partial charge on any atom is -0.107 e. The maximum Gasteiger partial charge on any atom is -0.0273 e. The van der Waals surface area contributed by atoms with Gasteiger partial charge in [0, 0.05) is 0 Å². The van der Waals surface area contributed by atoms with E-state index in [4.69, 9.17) is 0 Å². The molecule has 0 heterocycles. The molecule has 0 atom stereocenters. The molecule has 1 aliphatic carbocycles. The molecule has 0 aromatic heterocycles. The monoisotopic (exact) mass is 276 g/mol. The number of halogens is 1. The molecule has 1 aromatic carbocycles. The van der Waals surface area contributed by atoms with Crippen LogP contribution in [0, 0.1) is 0 Å². The van der Waals surface area contributed by atoms with Crippen LogP contribution >= 0.6 is 24.0 Å². The van der Waals surface area contributed by atoms with Gasteiger partial charge in [0.15, 0.2) is 0 Å². The topological polar surface area (TPSA) is 0 Å². The molecule has 0 spiro atoms. The van der Waals surface area contributed by atoms with Gasteiger partial charge in [0.2, 0.25) is 0 Å². The van der Waals surface area contributed by atoms with E-state index in [2.05, 4.69) is 24.3 Å². The summed E-state index contributed by atoms with van der Waals surface area (Å²) >= 11 is 0. The minimum atomic E-state index is 0. The Kier molecular flexibility index (Phi) is 6.44. The van der Waals surface area contributed by atoms with Crippen LogP contribution in [-0.4, -0.2) is 0 Å². The Morgan fingerprint density at radius 1 is 0.917 bits per heavy atom. The second kappa shape index (κ2) is 6.46. The summed E-state index contributed by atoms with van der Waals surface area (Å²) in [6.45, 7) is 4.00. The first-order valence-electron chi connectivity index (χ1n) is 4.53. The van der Waals surface area contributed by atoms with Gasteiger partial charge in [-0.15, -0.1) is 24.0 Å². The Bertz CT molecular complexity index is 195. The van der Waals surface area contributed by atoms with Gasteiger partial charge >= 0.3 is 0 Å². The van der Waals surface area contributed by atoms with Crippen LogP contribution in [0.25, 0.3) is 0 Å². The van der Waals surface area contributed by atoms with Gasteiger partial charge in [0.1, 0.15) is 0 Å². The molecule has 2 rings (SSSR count). The van der Waals surface area contributed by atoms with Crippen LogP contribution in [0.15, 0.2) is 24.3 Å². The number of benzene rings is 1. The molecule has 0 saturated heterocycles. The van der Waals surface area contributed by atoms with Crippen molar-refractivity contribution in [2.24, 2.45) is 0 Å². The van der Waals surface area contributed by atoms with Crippen molar-refractivity contribution < 1.29 is 0 Å². The molecule has 0 bridgehead atoms. The maximum absolute atomic E-state index is 2.24. The molecule has 0 amide bonds. The second-order valence-electron chi connectivity index (χ2n) is 2.62. The summed E-state index contributed by atoms with van der Waals surface area (Å²) < 4.78 is 0. The molecular formula is C11H17I. The van der Waals surface area contributed by atoms with Gasteiger partial charge in [-0.25, -0.2) is 0 Å². The average molecular weight is 276 g/mol. The number of aryl methyl sites for hydroxylation is 2. The lowest BCUT2D eigenvalue weighted by Gasteiger charge is -1.93. The van der Waals surface area contributed by atoms with E-state index in [0.717, 1.165) is 0 Å². The summed E-state index contributed by atoms with van der Waals surface area (Å²) in [5.74, 6) is 0. The van der Waals surface area contributed by atoms with Crippen molar-refractivity contribution in [1.82, 2.24) is 0 Å². The summed E-state index contributed by atoms with van der Waals surface area (Å²) in [5.41, 5.74) is 3.13. The van der Waals surface area contributed by atoms with E-state index in [1.165, 1.54) is 19.3 Å². The normalized spacial score (nSPS) is 12.2. The number of hydrogen-bond donors (Lipinski definition) is 0. The zero-order valence-corrected chi connectivity index (χ0v) is 10.2. The van der Waals surface area contributed by atoms with E-state index < -0.39 is 0 Å². The molecule has 0 aliphatic heterocycles. The molecule has 0 unspecified atom stereocenters. The van der Waals surface area contributed by atoms with Crippen LogP contribution in [-0.2, 0) is 12.8 Å². The van der Waals surface area contributed by atoms with Crippen LogP contribution in [0.1, 0.15) is 31.4 Å². The zero-order valence-electron chi connectivity index (χ0n) is 7.84. The van der Waals surface area contributed by atoms with Crippen LogP contribution in [0.2, 0.25) is 0 Å². The predicted molar refractivity (Wildman–Crippen MR) is 65.2 cm³/mol. The smallest absolute Gasteiger partial charge is 0.0273 e. The van der Waals surface area contributed by atoms with E-state index in [-0.39, 0.29) is 24.0 Å². The van der Waals surface area contributed by atoms with Gasteiger partial charge < -0.3 is 0 Å². The number of fused-ring (bicyclic) bond motifs is 1. The molecule has 0 fully saturated rings. The van der Waals surface area contributed by atoms with Gasteiger partial charge in [-0.1, -0.05) is 38.1 Å². The Labute approximate surface area is 92.4 Å². The van der Waals surface area contributed by atoms with E-state index >= 15 is 0 Å². The summed E-state index contributed by atoms with van der Waals surface area (Å²) in [4.78, 5) is 0. The molecule has 1 heteroatoms. The van der Waals surface area contributed by atoms with Crippen molar-refractivity contribution >= 4 is 24.0 Å². The molecule has 0 nitrogen and oxygen atoms in total. The predicted octanol–water partition coefficient (Wildman–Crippen LogP) is 3.82. The molecule has 0 radical (unpaired) electrons. The lowest BCUT2D eigenvalue weighted by molar-refractivity contribution is 0.912. The summed E-state index contributed by atoms with van der Waals surface area (Å²) in [7, 11) is 0. The Morgan fingerprint density at radius 3 is 1.75 bits per heavy atom. The van der Waals surface area contributed by atoms with Crippen LogP contribution in [0.5, 0.6) is 0 Å². The minimum absolute atomic E-state index is 0. The van der Waals surface area contributed by atoms with Gasteiger partial charge in [0.25, 0.3) is 0 Å². The molecule has 0 N–H and O–H groups in total.